The highest BCUT2D eigenvalue weighted by atomic mass is 16.5. The smallest absolute Gasteiger partial charge is 0.329 e. The van der Waals surface area contributed by atoms with E-state index in [2.05, 4.69) is 14.5 Å². The molecule has 0 unspecified atom stereocenters. The van der Waals surface area contributed by atoms with Gasteiger partial charge in [-0.1, -0.05) is 0 Å². The second kappa shape index (κ2) is 5.07. The number of rotatable bonds is 6. The van der Waals surface area contributed by atoms with Crippen molar-refractivity contribution in [3.8, 4) is 0 Å². The molecule has 0 amide bonds. The maximum absolute atomic E-state index is 10.4. The Morgan fingerprint density at radius 1 is 1.56 bits per heavy atom. The van der Waals surface area contributed by atoms with Gasteiger partial charge in [0, 0.05) is 38.6 Å². The monoisotopic (exact) mass is 253 g/mol. The van der Waals surface area contributed by atoms with Crippen molar-refractivity contribution in [1.29, 1.82) is 0 Å². The van der Waals surface area contributed by atoms with Crippen LogP contribution in [0.15, 0.2) is 12.4 Å². The lowest BCUT2D eigenvalue weighted by Crippen LogP contribution is -2.62. The highest BCUT2D eigenvalue weighted by Crippen LogP contribution is 2.24. The predicted molar refractivity (Wildman–Crippen MR) is 65.4 cm³/mol. The Morgan fingerprint density at radius 2 is 2.28 bits per heavy atom. The normalized spacial score (nSPS) is 18.6. The second-order valence-corrected chi connectivity index (χ2v) is 5.01. The molecule has 1 aromatic heterocycles. The third-order valence-electron chi connectivity index (χ3n) is 3.24. The van der Waals surface area contributed by atoms with Crippen LogP contribution in [0, 0.1) is 6.92 Å². The molecule has 1 aromatic rings. The zero-order chi connectivity index (χ0) is 13.2. The summed E-state index contributed by atoms with van der Waals surface area (Å²) in [6.45, 7) is 7.13. The van der Waals surface area contributed by atoms with Crippen LogP contribution in [0.25, 0.3) is 0 Å². The summed E-state index contributed by atoms with van der Waals surface area (Å²) in [7, 11) is 0. The van der Waals surface area contributed by atoms with Crippen LogP contribution < -0.4 is 0 Å². The van der Waals surface area contributed by atoms with Gasteiger partial charge in [-0.25, -0.2) is 9.78 Å². The standard InChI is InChI=1S/C12H19N3O3/c1-10-13-3-4-15(10)6-5-14-8-12(2,9-14)18-7-11(16)17/h3-4H,5-9H2,1-2H3,(H,16,17). The minimum atomic E-state index is -0.913. The number of likely N-dealkylation sites (tertiary alicyclic amines) is 1. The van der Waals surface area contributed by atoms with Gasteiger partial charge in [0.05, 0.1) is 5.60 Å². The first-order valence-corrected chi connectivity index (χ1v) is 6.04. The fourth-order valence-corrected chi connectivity index (χ4v) is 2.27. The Hall–Kier alpha value is -1.40. The van der Waals surface area contributed by atoms with Crippen LogP contribution in [0.5, 0.6) is 0 Å². The number of aryl methyl sites for hydroxylation is 1. The van der Waals surface area contributed by atoms with Gasteiger partial charge in [-0.2, -0.15) is 0 Å². The van der Waals surface area contributed by atoms with E-state index in [1.807, 2.05) is 20.0 Å². The zero-order valence-electron chi connectivity index (χ0n) is 10.8. The predicted octanol–water partition coefficient (Wildman–Crippen LogP) is 0.367. The van der Waals surface area contributed by atoms with Gasteiger partial charge in [0.1, 0.15) is 12.4 Å². The van der Waals surface area contributed by atoms with E-state index < -0.39 is 5.97 Å². The molecule has 1 fully saturated rings. The van der Waals surface area contributed by atoms with E-state index in [4.69, 9.17) is 9.84 Å². The number of imidazole rings is 1. The van der Waals surface area contributed by atoms with Crippen molar-refractivity contribution in [3.63, 3.8) is 0 Å². The molecule has 2 heterocycles. The molecule has 0 aliphatic carbocycles. The average molecular weight is 253 g/mol. The summed E-state index contributed by atoms with van der Waals surface area (Å²) in [5, 5.41) is 8.57. The summed E-state index contributed by atoms with van der Waals surface area (Å²) >= 11 is 0. The lowest BCUT2D eigenvalue weighted by Gasteiger charge is -2.47. The summed E-state index contributed by atoms with van der Waals surface area (Å²) in [6, 6.07) is 0. The Bertz CT molecular complexity index is 424. The number of ether oxygens (including phenoxy) is 1. The van der Waals surface area contributed by atoms with Crippen molar-refractivity contribution in [2.24, 2.45) is 0 Å². The van der Waals surface area contributed by atoms with E-state index in [1.54, 1.807) is 6.20 Å². The van der Waals surface area contributed by atoms with E-state index in [-0.39, 0.29) is 12.2 Å². The van der Waals surface area contributed by atoms with Crippen molar-refractivity contribution >= 4 is 5.97 Å². The van der Waals surface area contributed by atoms with Gasteiger partial charge in [-0.05, 0) is 13.8 Å². The molecule has 1 aliphatic rings. The first-order valence-electron chi connectivity index (χ1n) is 6.04. The van der Waals surface area contributed by atoms with Gasteiger partial charge in [-0.15, -0.1) is 0 Å². The number of carbonyl (C=O) groups is 1. The molecule has 0 bridgehead atoms. The second-order valence-electron chi connectivity index (χ2n) is 5.01. The highest BCUT2D eigenvalue weighted by Gasteiger charge is 2.39. The highest BCUT2D eigenvalue weighted by molar-refractivity contribution is 5.68. The van der Waals surface area contributed by atoms with E-state index >= 15 is 0 Å². The first kappa shape index (κ1) is 13.0. The number of aromatic nitrogens is 2. The quantitative estimate of drug-likeness (QED) is 0.793. The van der Waals surface area contributed by atoms with E-state index in [9.17, 15) is 4.79 Å². The van der Waals surface area contributed by atoms with Gasteiger partial charge >= 0.3 is 5.97 Å². The summed E-state index contributed by atoms with van der Waals surface area (Å²) in [4.78, 5) is 16.9. The third-order valence-corrected chi connectivity index (χ3v) is 3.24. The summed E-state index contributed by atoms with van der Waals surface area (Å²) < 4.78 is 7.46. The van der Waals surface area contributed by atoms with E-state index in [1.165, 1.54) is 0 Å². The molecule has 1 aliphatic heterocycles. The number of aliphatic carboxylic acids is 1. The molecule has 2 rings (SSSR count). The lowest BCUT2D eigenvalue weighted by atomic mass is 9.96. The van der Waals surface area contributed by atoms with Gasteiger partial charge in [0.25, 0.3) is 0 Å². The van der Waals surface area contributed by atoms with Gasteiger partial charge in [0.2, 0.25) is 0 Å². The Kier molecular flexibility index (Phi) is 3.68. The van der Waals surface area contributed by atoms with Crippen LogP contribution >= 0.6 is 0 Å². The number of nitrogens with zero attached hydrogens (tertiary/aromatic N) is 3. The Labute approximate surface area is 106 Å². The Balaban J connectivity index is 1.70. The van der Waals surface area contributed by atoms with Crippen molar-refractivity contribution in [2.45, 2.75) is 26.0 Å². The number of carboxylic acids is 1. The maximum Gasteiger partial charge on any atom is 0.329 e. The van der Waals surface area contributed by atoms with Crippen molar-refractivity contribution in [3.05, 3.63) is 18.2 Å². The first-order chi connectivity index (χ1) is 8.48. The van der Waals surface area contributed by atoms with Crippen LogP contribution in [0.1, 0.15) is 12.7 Å². The summed E-state index contributed by atoms with van der Waals surface area (Å²) in [5.41, 5.74) is -0.303. The van der Waals surface area contributed by atoms with Crippen LogP contribution in [-0.2, 0) is 16.1 Å². The molecular weight excluding hydrogens is 234 g/mol. The molecule has 0 radical (unpaired) electrons. The molecule has 1 N–H and O–H groups in total. The van der Waals surface area contributed by atoms with Gasteiger partial charge in [-0.3, -0.25) is 4.90 Å². The lowest BCUT2D eigenvalue weighted by molar-refractivity contribution is -0.164. The number of hydrogen-bond donors (Lipinski definition) is 1. The molecule has 0 spiro atoms. The van der Waals surface area contributed by atoms with Gasteiger partial charge < -0.3 is 14.4 Å². The zero-order valence-corrected chi connectivity index (χ0v) is 10.8. The van der Waals surface area contributed by atoms with Crippen molar-refractivity contribution in [1.82, 2.24) is 14.5 Å². The van der Waals surface area contributed by atoms with E-state index in [0.29, 0.717) is 0 Å². The largest absolute Gasteiger partial charge is 0.480 e. The van der Waals surface area contributed by atoms with Crippen LogP contribution in [0.4, 0.5) is 0 Å². The topological polar surface area (TPSA) is 67.6 Å². The molecule has 6 nitrogen and oxygen atoms in total. The third kappa shape index (κ3) is 3.08. The minimum Gasteiger partial charge on any atom is -0.480 e. The molecule has 0 atom stereocenters. The fraction of sp³-hybridized carbons (Fsp3) is 0.667. The average Bonchev–Trinajstić information content (AvgIpc) is 2.66. The van der Waals surface area contributed by atoms with Gasteiger partial charge in [0.15, 0.2) is 0 Å². The molecule has 100 valence electrons. The summed E-state index contributed by atoms with van der Waals surface area (Å²) in [5.74, 6) is 0.101. The molecule has 18 heavy (non-hydrogen) atoms. The molecular formula is C12H19N3O3. The number of carboxylic acid groups (broad SMARTS) is 1. The van der Waals surface area contributed by atoms with E-state index in [0.717, 1.165) is 32.0 Å². The van der Waals surface area contributed by atoms with Crippen molar-refractivity contribution in [2.75, 3.05) is 26.2 Å². The van der Waals surface area contributed by atoms with Crippen LogP contribution in [-0.4, -0.2) is 57.4 Å². The minimum absolute atomic E-state index is 0.217. The summed E-state index contributed by atoms with van der Waals surface area (Å²) in [6.07, 6.45) is 3.76. The molecule has 0 aromatic carbocycles. The van der Waals surface area contributed by atoms with Crippen LogP contribution in [0.3, 0.4) is 0 Å². The SMILES string of the molecule is Cc1nccn1CCN1CC(C)(OCC(=O)O)C1. The number of hydrogen-bond acceptors (Lipinski definition) is 4. The molecule has 1 saturated heterocycles. The Morgan fingerprint density at radius 3 is 2.83 bits per heavy atom. The fourth-order valence-electron chi connectivity index (χ4n) is 2.27. The molecule has 0 saturated carbocycles. The maximum atomic E-state index is 10.4. The van der Waals surface area contributed by atoms with Crippen LogP contribution in [0.2, 0.25) is 0 Å². The van der Waals surface area contributed by atoms with Crippen molar-refractivity contribution < 1.29 is 14.6 Å². The molecule has 6 heteroatoms.